The lowest BCUT2D eigenvalue weighted by Crippen LogP contribution is -2.06. The average Bonchev–Trinajstić information content (AvgIpc) is 2.70. The number of anilines is 1. The lowest BCUT2D eigenvalue weighted by molar-refractivity contribution is 0.827. The average molecular weight is 252 g/mol. The van der Waals surface area contributed by atoms with Gasteiger partial charge in [-0.25, -0.2) is 4.98 Å². The Morgan fingerprint density at radius 3 is 2.79 bits per heavy atom. The van der Waals surface area contributed by atoms with E-state index in [-0.39, 0.29) is 0 Å². The van der Waals surface area contributed by atoms with Gasteiger partial charge in [0.25, 0.3) is 0 Å². The molecule has 19 heavy (non-hydrogen) atoms. The van der Waals surface area contributed by atoms with Crippen LogP contribution in [-0.2, 0) is 6.54 Å². The van der Waals surface area contributed by atoms with Gasteiger partial charge in [0, 0.05) is 12.4 Å². The maximum absolute atomic E-state index is 6.06. The van der Waals surface area contributed by atoms with E-state index in [0.29, 0.717) is 5.95 Å². The van der Waals surface area contributed by atoms with Crippen molar-refractivity contribution in [2.24, 2.45) is 0 Å². The first kappa shape index (κ1) is 11.7. The first-order chi connectivity index (χ1) is 9.16. The number of hydrogen-bond donors (Lipinski definition) is 1. The second kappa shape index (κ2) is 4.39. The highest BCUT2D eigenvalue weighted by Gasteiger charge is 2.11. The third kappa shape index (κ3) is 1.95. The van der Waals surface area contributed by atoms with Crippen molar-refractivity contribution in [2.75, 3.05) is 5.73 Å². The van der Waals surface area contributed by atoms with Crippen molar-refractivity contribution in [1.29, 1.82) is 0 Å². The highest BCUT2D eigenvalue weighted by atomic mass is 15.2. The molecule has 2 N–H and O–H groups in total. The fourth-order valence-corrected chi connectivity index (χ4v) is 2.39. The molecule has 0 atom stereocenters. The first-order valence-corrected chi connectivity index (χ1v) is 6.27. The number of aromatic nitrogens is 3. The van der Waals surface area contributed by atoms with Gasteiger partial charge in [0.15, 0.2) is 0 Å². The number of nitrogen functional groups attached to an aromatic ring is 1. The number of nitrogens with zero attached hydrogens (tertiary/aromatic N) is 3. The van der Waals surface area contributed by atoms with Crippen molar-refractivity contribution in [1.82, 2.24) is 14.5 Å². The molecule has 0 fully saturated rings. The molecule has 2 heterocycles. The van der Waals surface area contributed by atoms with Crippen LogP contribution in [0.5, 0.6) is 0 Å². The van der Waals surface area contributed by atoms with E-state index in [2.05, 4.69) is 34.4 Å². The van der Waals surface area contributed by atoms with Crippen LogP contribution in [0.3, 0.4) is 0 Å². The van der Waals surface area contributed by atoms with Crippen molar-refractivity contribution >= 4 is 17.0 Å². The van der Waals surface area contributed by atoms with Crippen LogP contribution < -0.4 is 5.73 Å². The Hall–Kier alpha value is -2.36. The standard InChI is InChI=1S/C15H16N4/c1-10-4-3-5-13-14(10)19(15(16)18-13)9-12-6-7-17-8-11(12)2/h3-8H,9H2,1-2H3,(H2,16,18). The molecule has 4 nitrogen and oxygen atoms in total. The topological polar surface area (TPSA) is 56.7 Å². The highest BCUT2D eigenvalue weighted by Crippen LogP contribution is 2.23. The Morgan fingerprint density at radius 1 is 1.16 bits per heavy atom. The minimum atomic E-state index is 0.556. The molecule has 2 aromatic heterocycles. The molecule has 0 bridgehead atoms. The van der Waals surface area contributed by atoms with Gasteiger partial charge in [0.1, 0.15) is 0 Å². The zero-order valence-corrected chi connectivity index (χ0v) is 11.1. The number of imidazole rings is 1. The van der Waals surface area contributed by atoms with E-state index in [1.807, 2.05) is 30.6 Å². The first-order valence-electron chi connectivity index (χ1n) is 6.27. The molecular weight excluding hydrogens is 236 g/mol. The largest absolute Gasteiger partial charge is 0.369 e. The summed E-state index contributed by atoms with van der Waals surface area (Å²) in [6.45, 7) is 4.87. The van der Waals surface area contributed by atoms with E-state index in [1.165, 1.54) is 11.1 Å². The lowest BCUT2D eigenvalue weighted by atomic mass is 10.1. The minimum Gasteiger partial charge on any atom is -0.369 e. The quantitative estimate of drug-likeness (QED) is 0.763. The number of para-hydroxylation sites is 1. The maximum Gasteiger partial charge on any atom is 0.201 e. The molecule has 3 aromatic rings. The number of pyridine rings is 1. The normalized spacial score (nSPS) is 11.1. The van der Waals surface area contributed by atoms with Crippen LogP contribution in [0, 0.1) is 13.8 Å². The monoisotopic (exact) mass is 252 g/mol. The number of rotatable bonds is 2. The molecule has 0 unspecified atom stereocenters. The Labute approximate surface area is 111 Å². The van der Waals surface area contributed by atoms with Crippen molar-refractivity contribution in [3.63, 3.8) is 0 Å². The van der Waals surface area contributed by atoms with Gasteiger partial charge in [-0.05, 0) is 42.7 Å². The van der Waals surface area contributed by atoms with E-state index in [9.17, 15) is 0 Å². The molecule has 4 heteroatoms. The summed E-state index contributed by atoms with van der Waals surface area (Å²) in [7, 11) is 0. The maximum atomic E-state index is 6.06. The number of nitrogens with two attached hydrogens (primary N) is 1. The van der Waals surface area contributed by atoms with Crippen molar-refractivity contribution in [2.45, 2.75) is 20.4 Å². The molecule has 0 radical (unpaired) electrons. The molecule has 0 saturated carbocycles. The molecule has 96 valence electrons. The van der Waals surface area contributed by atoms with E-state index in [4.69, 9.17) is 5.73 Å². The highest BCUT2D eigenvalue weighted by molar-refractivity contribution is 5.81. The summed E-state index contributed by atoms with van der Waals surface area (Å²) in [6.07, 6.45) is 3.68. The van der Waals surface area contributed by atoms with Crippen LogP contribution in [0.4, 0.5) is 5.95 Å². The van der Waals surface area contributed by atoms with Gasteiger partial charge in [-0.1, -0.05) is 12.1 Å². The molecule has 0 aliphatic carbocycles. The molecular formula is C15H16N4. The Bertz CT molecular complexity index is 743. The Balaban J connectivity index is 2.16. The van der Waals surface area contributed by atoms with E-state index >= 15 is 0 Å². The van der Waals surface area contributed by atoms with Crippen molar-refractivity contribution < 1.29 is 0 Å². The Kier molecular flexibility index (Phi) is 2.71. The van der Waals surface area contributed by atoms with Gasteiger partial charge in [-0.15, -0.1) is 0 Å². The summed E-state index contributed by atoms with van der Waals surface area (Å²) < 4.78 is 2.06. The smallest absolute Gasteiger partial charge is 0.201 e. The summed E-state index contributed by atoms with van der Waals surface area (Å²) in [4.78, 5) is 8.55. The van der Waals surface area contributed by atoms with Crippen LogP contribution in [-0.4, -0.2) is 14.5 Å². The van der Waals surface area contributed by atoms with Gasteiger partial charge in [0.05, 0.1) is 17.6 Å². The number of aryl methyl sites for hydroxylation is 2. The fraction of sp³-hybridized carbons (Fsp3) is 0.200. The predicted molar refractivity (Wildman–Crippen MR) is 77.0 cm³/mol. The molecule has 0 aliphatic heterocycles. The molecule has 0 amide bonds. The van der Waals surface area contributed by atoms with E-state index in [0.717, 1.165) is 23.1 Å². The van der Waals surface area contributed by atoms with E-state index < -0.39 is 0 Å². The molecule has 0 spiro atoms. The van der Waals surface area contributed by atoms with Gasteiger partial charge in [-0.2, -0.15) is 0 Å². The van der Waals surface area contributed by atoms with Crippen molar-refractivity contribution in [3.05, 3.63) is 53.3 Å². The zero-order chi connectivity index (χ0) is 13.4. The van der Waals surface area contributed by atoms with Gasteiger partial charge >= 0.3 is 0 Å². The summed E-state index contributed by atoms with van der Waals surface area (Å²) >= 11 is 0. The molecule has 0 aliphatic rings. The van der Waals surface area contributed by atoms with Gasteiger partial charge in [-0.3, -0.25) is 4.98 Å². The summed E-state index contributed by atoms with van der Waals surface area (Å²) in [6, 6.07) is 8.11. The molecule has 0 saturated heterocycles. The van der Waals surface area contributed by atoms with E-state index in [1.54, 1.807) is 0 Å². The second-order valence-corrected chi connectivity index (χ2v) is 4.80. The van der Waals surface area contributed by atoms with Gasteiger partial charge in [0.2, 0.25) is 5.95 Å². The van der Waals surface area contributed by atoms with Crippen LogP contribution >= 0.6 is 0 Å². The lowest BCUT2D eigenvalue weighted by Gasteiger charge is -2.10. The SMILES string of the molecule is Cc1cnccc1Cn1c(N)nc2cccc(C)c21. The number of fused-ring (bicyclic) bond motifs is 1. The fourth-order valence-electron chi connectivity index (χ4n) is 2.39. The summed E-state index contributed by atoms with van der Waals surface area (Å²) in [5.74, 6) is 0.556. The van der Waals surface area contributed by atoms with Crippen LogP contribution in [0.15, 0.2) is 36.7 Å². The number of benzene rings is 1. The van der Waals surface area contributed by atoms with Crippen molar-refractivity contribution in [3.8, 4) is 0 Å². The third-order valence-electron chi connectivity index (χ3n) is 3.46. The van der Waals surface area contributed by atoms with Crippen LogP contribution in [0.1, 0.15) is 16.7 Å². The summed E-state index contributed by atoms with van der Waals surface area (Å²) in [5.41, 5.74) is 11.7. The predicted octanol–water partition coefficient (Wildman–Crippen LogP) is 2.68. The number of hydrogen-bond acceptors (Lipinski definition) is 3. The third-order valence-corrected chi connectivity index (χ3v) is 3.46. The molecule has 1 aromatic carbocycles. The summed E-state index contributed by atoms with van der Waals surface area (Å²) in [5, 5.41) is 0. The van der Waals surface area contributed by atoms with Crippen LogP contribution in [0.2, 0.25) is 0 Å². The van der Waals surface area contributed by atoms with Crippen LogP contribution in [0.25, 0.3) is 11.0 Å². The second-order valence-electron chi connectivity index (χ2n) is 4.80. The minimum absolute atomic E-state index is 0.556. The van der Waals surface area contributed by atoms with Gasteiger partial charge < -0.3 is 10.3 Å². The Morgan fingerprint density at radius 2 is 2.00 bits per heavy atom. The zero-order valence-electron chi connectivity index (χ0n) is 11.1. The molecule has 3 rings (SSSR count).